The van der Waals surface area contributed by atoms with E-state index in [9.17, 15) is 4.79 Å². The van der Waals surface area contributed by atoms with E-state index in [1.54, 1.807) is 4.90 Å². The first-order valence-corrected chi connectivity index (χ1v) is 10.3. The van der Waals surface area contributed by atoms with Crippen LogP contribution in [0.5, 0.6) is 0 Å². The summed E-state index contributed by atoms with van der Waals surface area (Å²) in [4.78, 5) is 16.6. The summed E-state index contributed by atoms with van der Waals surface area (Å²) in [6.07, 6.45) is 0.245. The second kappa shape index (κ2) is 8.87. The fraction of sp³-hybridized carbons (Fsp3) is 0.458. The number of hydrogen-bond acceptors (Lipinski definition) is 3. The van der Waals surface area contributed by atoms with Gasteiger partial charge in [-0.2, -0.15) is 0 Å². The first-order chi connectivity index (χ1) is 13.7. The highest BCUT2D eigenvalue weighted by Gasteiger charge is 2.17. The Balaban J connectivity index is 1.55. The van der Waals surface area contributed by atoms with Crippen LogP contribution in [0.2, 0.25) is 0 Å². The molecular formula is C24H33N3O2. The lowest BCUT2D eigenvalue weighted by Crippen LogP contribution is -2.41. The molecule has 1 fully saturated rings. The second-order valence-electron chi connectivity index (χ2n) is 8.91. The zero-order chi connectivity index (χ0) is 21.0. The molecular weight excluding hydrogens is 362 g/mol. The highest BCUT2D eigenvalue weighted by molar-refractivity contribution is 5.89. The number of ether oxygens (including phenoxy) is 1. The van der Waals surface area contributed by atoms with Gasteiger partial charge in [0.25, 0.3) is 0 Å². The summed E-state index contributed by atoms with van der Waals surface area (Å²) in [5.74, 6) is 0. The zero-order valence-corrected chi connectivity index (χ0v) is 18.2. The lowest BCUT2D eigenvalue weighted by atomic mass is 9.87. The molecule has 0 aliphatic carbocycles. The Hall–Kier alpha value is -2.53. The summed E-state index contributed by atoms with van der Waals surface area (Å²) in [5.41, 5.74) is 4.50. The predicted octanol–water partition coefficient (Wildman–Crippen LogP) is 4.87. The number of nitrogens with one attached hydrogen (secondary N) is 1. The van der Waals surface area contributed by atoms with Crippen LogP contribution in [0.4, 0.5) is 16.2 Å². The van der Waals surface area contributed by atoms with Gasteiger partial charge in [0.15, 0.2) is 0 Å². The molecule has 1 N–H and O–H groups in total. The summed E-state index contributed by atoms with van der Waals surface area (Å²) in [5, 5.41) is 2.98. The number of urea groups is 1. The summed E-state index contributed by atoms with van der Waals surface area (Å²) in [7, 11) is 1.82. The normalized spacial score (nSPS) is 17.1. The quantitative estimate of drug-likeness (QED) is 0.803. The van der Waals surface area contributed by atoms with E-state index < -0.39 is 0 Å². The molecule has 2 aromatic rings. The molecule has 3 rings (SSSR count). The third-order valence-electron chi connectivity index (χ3n) is 5.31. The molecule has 0 bridgehead atoms. The molecule has 5 nitrogen and oxygen atoms in total. The SMILES string of the molecule is CC1CN(c2ccc(NC(=O)N(C)Cc3ccc(C(C)(C)C)cc3)cc2)CCO1. The predicted molar refractivity (Wildman–Crippen MR) is 120 cm³/mol. The molecule has 0 spiro atoms. The number of hydrogen-bond donors (Lipinski definition) is 1. The van der Waals surface area contributed by atoms with Crippen molar-refractivity contribution in [1.82, 2.24) is 4.90 Å². The van der Waals surface area contributed by atoms with Crippen LogP contribution in [-0.4, -0.2) is 43.8 Å². The number of anilines is 2. The smallest absolute Gasteiger partial charge is 0.321 e. The first kappa shape index (κ1) is 21.2. The lowest BCUT2D eigenvalue weighted by Gasteiger charge is -2.33. The van der Waals surface area contributed by atoms with Crippen molar-refractivity contribution in [1.29, 1.82) is 0 Å². The fourth-order valence-corrected chi connectivity index (χ4v) is 3.48. The Bertz CT molecular complexity index is 810. The van der Waals surface area contributed by atoms with Gasteiger partial charge < -0.3 is 19.9 Å². The molecule has 0 aromatic heterocycles. The number of carbonyl (C=O) groups is 1. The highest BCUT2D eigenvalue weighted by atomic mass is 16.5. The topological polar surface area (TPSA) is 44.8 Å². The monoisotopic (exact) mass is 395 g/mol. The van der Waals surface area contributed by atoms with E-state index in [-0.39, 0.29) is 17.6 Å². The molecule has 5 heteroatoms. The first-order valence-electron chi connectivity index (χ1n) is 10.3. The van der Waals surface area contributed by atoms with E-state index in [1.165, 1.54) is 5.56 Å². The molecule has 2 amide bonds. The Kier molecular flexibility index (Phi) is 6.48. The van der Waals surface area contributed by atoms with E-state index >= 15 is 0 Å². The molecule has 1 aliphatic rings. The van der Waals surface area contributed by atoms with Gasteiger partial charge in [0, 0.05) is 38.1 Å². The van der Waals surface area contributed by atoms with Gasteiger partial charge in [-0.15, -0.1) is 0 Å². The molecule has 1 heterocycles. The van der Waals surface area contributed by atoms with Crippen molar-refractivity contribution in [3.8, 4) is 0 Å². The van der Waals surface area contributed by atoms with Gasteiger partial charge in [-0.1, -0.05) is 45.0 Å². The van der Waals surface area contributed by atoms with Crippen molar-refractivity contribution in [3.63, 3.8) is 0 Å². The molecule has 29 heavy (non-hydrogen) atoms. The zero-order valence-electron chi connectivity index (χ0n) is 18.2. The summed E-state index contributed by atoms with van der Waals surface area (Å²) in [6, 6.07) is 16.4. The minimum absolute atomic E-state index is 0.113. The van der Waals surface area contributed by atoms with E-state index in [2.05, 4.69) is 74.3 Å². The Morgan fingerprint density at radius 2 is 1.79 bits per heavy atom. The maximum Gasteiger partial charge on any atom is 0.321 e. The van der Waals surface area contributed by atoms with Gasteiger partial charge in [-0.3, -0.25) is 0 Å². The van der Waals surface area contributed by atoms with E-state index in [1.807, 2.05) is 19.2 Å². The number of rotatable bonds is 4. The van der Waals surface area contributed by atoms with Crippen LogP contribution in [0.15, 0.2) is 48.5 Å². The maximum atomic E-state index is 12.6. The molecule has 1 aliphatic heterocycles. The van der Waals surface area contributed by atoms with Crippen molar-refractivity contribution in [3.05, 3.63) is 59.7 Å². The van der Waals surface area contributed by atoms with Crippen molar-refractivity contribution in [2.75, 3.05) is 37.0 Å². The average Bonchev–Trinajstić information content (AvgIpc) is 2.68. The number of morpholine rings is 1. The molecule has 1 saturated heterocycles. The Labute approximate surface area is 174 Å². The van der Waals surface area contributed by atoms with Crippen LogP contribution in [0, 0.1) is 0 Å². The third-order valence-corrected chi connectivity index (χ3v) is 5.31. The minimum atomic E-state index is -0.113. The minimum Gasteiger partial charge on any atom is -0.375 e. The van der Waals surface area contributed by atoms with Crippen LogP contribution in [-0.2, 0) is 16.7 Å². The van der Waals surface area contributed by atoms with Crippen LogP contribution in [0.1, 0.15) is 38.8 Å². The molecule has 1 atom stereocenters. The third kappa shape index (κ3) is 5.73. The van der Waals surface area contributed by atoms with Crippen molar-refractivity contribution in [2.45, 2.75) is 45.8 Å². The molecule has 2 aromatic carbocycles. The van der Waals surface area contributed by atoms with Crippen molar-refractivity contribution >= 4 is 17.4 Å². The maximum absolute atomic E-state index is 12.6. The average molecular weight is 396 g/mol. The fourth-order valence-electron chi connectivity index (χ4n) is 3.48. The van der Waals surface area contributed by atoms with Crippen molar-refractivity contribution in [2.24, 2.45) is 0 Å². The van der Waals surface area contributed by atoms with Gasteiger partial charge in [0.2, 0.25) is 0 Å². The molecule has 156 valence electrons. The Morgan fingerprint density at radius 3 is 2.38 bits per heavy atom. The molecule has 0 saturated carbocycles. The van der Waals surface area contributed by atoms with Crippen LogP contribution in [0.3, 0.4) is 0 Å². The summed E-state index contributed by atoms with van der Waals surface area (Å²) < 4.78 is 5.60. The van der Waals surface area contributed by atoms with Crippen LogP contribution >= 0.6 is 0 Å². The highest BCUT2D eigenvalue weighted by Crippen LogP contribution is 2.23. The van der Waals surface area contributed by atoms with Gasteiger partial charge in [0.05, 0.1) is 12.7 Å². The Morgan fingerprint density at radius 1 is 1.14 bits per heavy atom. The van der Waals surface area contributed by atoms with Gasteiger partial charge in [-0.05, 0) is 47.7 Å². The van der Waals surface area contributed by atoms with E-state index in [4.69, 9.17) is 4.74 Å². The van der Waals surface area contributed by atoms with Gasteiger partial charge in [-0.25, -0.2) is 4.79 Å². The van der Waals surface area contributed by atoms with Crippen LogP contribution < -0.4 is 10.2 Å². The largest absolute Gasteiger partial charge is 0.375 e. The summed E-state index contributed by atoms with van der Waals surface area (Å²) >= 11 is 0. The van der Waals surface area contributed by atoms with E-state index in [0.717, 1.165) is 36.6 Å². The van der Waals surface area contributed by atoms with Crippen LogP contribution in [0.25, 0.3) is 0 Å². The lowest BCUT2D eigenvalue weighted by molar-refractivity contribution is 0.0532. The number of carbonyl (C=O) groups excluding carboxylic acids is 1. The second-order valence-corrected chi connectivity index (χ2v) is 8.91. The molecule has 0 radical (unpaired) electrons. The van der Waals surface area contributed by atoms with Gasteiger partial charge >= 0.3 is 6.03 Å². The van der Waals surface area contributed by atoms with E-state index in [0.29, 0.717) is 6.54 Å². The number of amides is 2. The molecule has 1 unspecified atom stereocenters. The number of benzene rings is 2. The summed E-state index contributed by atoms with van der Waals surface area (Å²) in [6.45, 7) is 11.8. The van der Waals surface area contributed by atoms with Gasteiger partial charge in [0.1, 0.15) is 0 Å². The number of nitrogens with zero attached hydrogens (tertiary/aromatic N) is 2. The van der Waals surface area contributed by atoms with Crippen molar-refractivity contribution < 1.29 is 9.53 Å². The standard InChI is InChI=1S/C24H33N3O2/c1-18-16-27(14-15-29-18)22-12-10-21(11-13-22)25-23(28)26(5)17-19-6-8-20(9-7-19)24(2,3)4/h6-13,18H,14-17H2,1-5H3,(H,25,28).